The van der Waals surface area contributed by atoms with E-state index in [2.05, 4.69) is 29.6 Å². The van der Waals surface area contributed by atoms with Crippen LogP contribution in [-0.4, -0.2) is 6.04 Å². The number of halogens is 1. The minimum Gasteiger partial charge on any atom is -0.372 e. The number of rotatable bonds is 7. The van der Waals surface area contributed by atoms with Gasteiger partial charge in [-0.25, -0.2) is 0 Å². The summed E-state index contributed by atoms with van der Waals surface area (Å²) >= 11 is 5.86. The highest BCUT2D eigenvalue weighted by Gasteiger charge is 2.19. The van der Waals surface area contributed by atoms with E-state index in [1.54, 1.807) is 0 Å². The fourth-order valence-corrected chi connectivity index (χ4v) is 2.30. The van der Waals surface area contributed by atoms with Crippen molar-refractivity contribution < 1.29 is 4.74 Å². The lowest BCUT2D eigenvalue weighted by atomic mass is 10.1. The monoisotopic (exact) mass is 301 g/mol. The normalized spacial score (nSPS) is 14.3. The first-order valence-electron chi connectivity index (χ1n) is 7.43. The molecule has 1 aliphatic rings. The van der Waals surface area contributed by atoms with Crippen LogP contribution in [0.1, 0.15) is 29.5 Å². The van der Waals surface area contributed by atoms with Crippen molar-refractivity contribution in [2.45, 2.75) is 38.6 Å². The molecule has 1 N–H and O–H groups in total. The van der Waals surface area contributed by atoms with Gasteiger partial charge in [0.05, 0.1) is 13.2 Å². The number of hydrogen-bond donors (Lipinski definition) is 1. The Bertz CT molecular complexity index is 561. The van der Waals surface area contributed by atoms with Crippen molar-refractivity contribution in [3.8, 4) is 0 Å². The topological polar surface area (TPSA) is 21.3 Å². The number of ether oxygens (including phenoxy) is 1. The second kappa shape index (κ2) is 7.08. The Morgan fingerprint density at radius 3 is 1.95 bits per heavy atom. The van der Waals surface area contributed by atoms with Crippen LogP contribution in [0.15, 0.2) is 48.5 Å². The van der Waals surface area contributed by atoms with Gasteiger partial charge in [-0.1, -0.05) is 48.0 Å². The number of nitrogens with one attached hydrogen (secondary N) is 1. The fourth-order valence-electron chi connectivity index (χ4n) is 2.17. The van der Waals surface area contributed by atoms with E-state index in [1.807, 2.05) is 24.3 Å². The van der Waals surface area contributed by atoms with Crippen molar-refractivity contribution in [2.75, 3.05) is 0 Å². The molecule has 3 heteroatoms. The lowest BCUT2D eigenvalue weighted by molar-refractivity contribution is 0.107. The van der Waals surface area contributed by atoms with Crippen molar-refractivity contribution in [3.05, 3.63) is 70.2 Å². The average Bonchev–Trinajstić information content (AvgIpc) is 3.33. The summed E-state index contributed by atoms with van der Waals surface area (Å²) in [5, 5.41) is 4.28. The summed E-state index contributed by atoms with van der Waals surface area (Å²) < 4.78 is 5.73. The molecule has 21 heavy (non-hydrogen) atoms. The van der Waals surface area contributed by atoms with E-state index in [9.17, 15) is 0 Å². The minimum absolute atomic E-state index is 0.613. The molecule has 0 aliphatic heterocycles. The molecule has 1 fully saturated rings. The van der Waals surface area contributed by atoms with Gasteiger partial charge in [-0.15, -0.1) is 0 Å². The van der Waals surface area contributed by atoms with Gasteiger partial charge in [0.1, 0.15) is 0 Å². The summed E-state index contributed by atoms with van der Waals surface area (Å²) in [4.78, 5) is 0. The Morgan fingerprint density at radius 2 is 1.38 bits per heavy atom. The van der Waals surface area contributed by atoms with Crippen LogP contribution in [0.2, 0.25) is 5.02 Å². The van der Waals surface area contributed by atoms with E-state index in [0.717, 1.165) is 23.2 Å². The van der Waals surface area contributed by atoms with E-state index in [4.69, 9.17) is 16.3 Å². The first-order valence-corrected chi connectivity index (χ1v) is 7.81. The van der Waals surface area contributed by atoms with Crippen molar-refractivity contribution in [3.63, 3.8) is 0 Å². The Hall–Kier alpha value is -1.35. The Labute approximate surface area is 131 Å². The summed E-state index contributed by atoms with van der Waals surface area (Å²) in [6, 6.07) is 17.2. The third-order valence-electron chi connectivity index (χ3n) is 3.65. The standard InChI is InChI=1S/C18H20ClNO/c19-17-7-5-16(6-8-17)13-21-12-15-3-1-14(2-4-15)11-20-18-9-10-18/h1-8,18,20H,9-13H2. The average molecular weight is 302 g/mol. The van der Waals surface area contributed by atoms with E-state index >= 15 is 0 Å². The summed E-state index contributed by atoms with van der Waals surface area (Å²) in [6.45, 7) is 2.22. The molecule has 2 aromatic carbocycles. The molecule has 0 radical (unpaired) electrons. The van der Waals surface area contributed by atoms with Crippen LogP contribution in [-0.2, 0) is 24.5 Å². The van der Waals surface area contributed by atoms with Gasteiger partial charge < -0.3 is 10.1 Å². The summed E-state index contributed by atoms with van der Waals surface area (Å²) in [5.41, 5.74) is 3.69. The van der Waals surface area contributed by atoms with Crippen LogP contribution >= 0.6 is 11.6 Å². The summed E-state index contributed by atoms with van der Waals surface area (Å²) in [5.74, 6) is 0. The van der Waals surface area contributed by atoms with Gasteiger partial charge in [-0.05, 0) is 41.7 Å². The molecule has 0 spiro atoms. The van der Waals surface area contributed by atoms with Crippen LogP contribution in [0.5, 0.6) is 0 Å². The van der Waals surface area contributed by atoms with Crippen LogP contribution in [0.4, 0.5) is 0 Å². The van der Waals surface area contributed by atoms with E-state index in [0.29, 0.717) is 13.2 Å². The fraction of sp³-hybridized carbons (Fsp3) is 0.333. The van der Waals surface area contributed by atoms with E-state index in [1.165, 1.54) is 24.0 Å². The highest BCUT2D eigenvalue weighted by molar-refractivity contribution is 6.30. The van der Waals surface area contributed by atoms with E-state index in [-0.39, 0.29) is 0 Å². The highest BCUT2D eigenvalue weighted by atomic mass is 35.5. The van der Waals surface area contributed by atoms with E-state index < -0.39 is 0 Å². The third kappa shape index (κ3) is 4.85. The highest BCUT2D eigenvalue weighted by Crippen LogP contribution is 2.19. The Kier molecular flexibility index (Phi) is 4.91. The van der Waals surface area contributed by atoms with Gasteiger partial charge in [-0.3, -0.25) is 0 Å². The summed E-state index contributed by atoms with van der Waals surface area (Å²) in [6.07, 6.45) is 2.66. The zero-order chi connectivity index (χ0) is 14.5. The maximum Gasteiger partial charge on any atom is 0.0721 e. The van der Waals surface area contributed by atoms with Gasteiger partial charge >= 0.3 is 0 Å². The molecule has 0 amide bonds. The molecule has 3 rings (SSSR count). The maximum absolute atomic E-state index is 5.86. The van der Waals surface area contributed by atoms with Crippen molar-refractivity contribution in [1.82, 2.24) is 5.32 Å². The predicted molar refractivity (Wildman–Crippen MR) is 86.2 cm³/mol. The lowest BCUT2D eigenvalue weighted by Crippen LogP contribution is -2.15. The third-order valence-corrected chi connectivity index (χ3v) is 3.90. The molecule has 0 heterocycles. The molecule has 1 aliphatic carbocycles. The first kappa shape index (κ1) is 14.6. The molecular formula is C18H20ClNO. The SMILES string of the molecule is Clc1ccc(COCc2ccc(CNC3CC3)cc2)cc1. The van der Waals surface area contributed by atoms with Crippen molar-refractivity contribution in [2.24, 2.45) is 0 Å². The predicted octanol–water partition coefficient (Wildman–Crippen LogP) is 4.31. The molecule has 0 atom stereocenters. The largest absolute Gasteiger partial charge is 0.372 e. The second-order valence-electron chi connectivity index (χ2n) is 5.59. The lowest BCUT2D eigenvalue weighted by Gasteiger charge is -2.07. The molecule has 0 unspecified atom stereocenters. The summed E-state index contributed by atoms with van der Waals surface area (Å²) in [7, 11) is 0. The quantitative estimate of drug-likeness (QED) is 0.823. The molecule has 2 aromatic rings. The molecule has 0 aromatic heterocycles. The maximum atomic E-state index is 5.86. The zero-order valence-electron chi connectivity index (χ0n) is 12.0. The minimum atomic E-state index is 0.613. The van der Waals surface area contributed by atoms with Crippen LogP contribution in [0, 0.1) is 0 Å². The van der Waals surface area contributed by atoms with Crippen molar-refractivity contribution >= 4 is 11.6 Å². The Balaban J connectivity index is 1.43. The van der Waals surface area contributed by atoms with Crippen LogP contribution < -0.4 is 5.32 Å². The number of hydrogen-bond acceptors (Lipinski definition) is 2. The van der Waals surface area contributed by atoms with Gasteiger partial charge in [-0.2, -0.15) is 0 Å². The second-order valence-corrected chi connectivity index (χ2v) is 6.03. The number of benzene rings is 2. The zero-order valence-corrected chi connectivity index (χ0v) is 12.8. The first-order chi connectivity index (χ1) is 10.3. The van der Waals surface area contributed by atoms with Gasteiger partial charge in [0.25, 0.3) is 0 Å². The molecular weight excluding hydrogens is 282 g/mol. The van der Waals surface area contributed by atoms with Gasteiger partial charge in [0, 0.05) is 17.6 Å². The molecule has 110 valence electrons. The molecule has 0 bridgehead atoms. The molecule has 2 nitrogen and oxygen atoms in total. The van der Waals surface area contributed by atoms with Gasteiger partial charge in [0.2, 0.25) is 0 Å². The van der Waals surface area contributed by atoms with Crippen LogP contribution in [0.25, 0.3) is 0 Å². The van der Waals surface area contributed by atoms with Gasteiger partial charge in [0.15, 0.2) is 0 Å². The molecule has 1 saturated carbocycles. The molecule has 0 saturated heterocycles. The van der Waals surface area contributed by atoms with Crippen LogP contribution in [0.3, 0.4) is 0 Å². The Morgan fingerprint density at radius 1 is 0.857 bits per heavy atom. The van der Waals surface area contributed by atoms with Crippen molar-refractivity contribution in [1.29, 1.82) is 0 Å². The smallest absolute Gasteiger partial charge is 0.0721 e.